The molecule has 0 bridgehead atoms. The third kappa shape index (κ3) is 12.7. The van der Waals surface area contributed by atoms with Gasteiger partial charge in [-0.05, 0) is 18.8 Å². The van der Waals surface area contributed by atoms with Crippen molar-refractivity contribution in [1.82, 2.24) is 5.32 Å². The summed E-state index contributed by atoms with van der Waals surface area (Å²) in [6.45, 7) is 18.7. The molecule has 0 atom stereocenters. The number of allylic oxidation sites excluding steroid dienone is 2. The molecule has 18 heavy (non-hydrogen) atoms. The van der Waals surface area contributed by atoms with Crippen molar-refractivity contribution in [3.8, 4) is 0 Å². The molecule has 0 unspecified atom stereocenters. The first-order chi connectivity index (χ1) is 8.32. The maximum absolute atomic E-state index is 6.94. The van der Waals surface area contributed by atoms with Crippen LogP contribution in [0.1, 0.15) is 53.9 Å². The Labute approximate surface area is 113 Å². The predicted molar refractivity (Wildman–Crippen MR) is 79.6 cm³/mol. The Morgan fingerprint density at radius 3 is 2.22 bits per heavy atom. The molecule has 3 heteroatoms. The van der Waals surface area contributed by atoms with Crippen LogP contribution in [0.25, 0.3) is 0 Å². The topological polar surface area (TPSA) is 48.2 Å². The Hall–Kier alpha value is -1.34. The van der Waals surface area contributed by atoms with Gasteiger partial charge in [0.15, 0.2) is 0 Å². The first-order valence-corrected chi connectivity index (χ1v) is 6.48. The van der Waals surface area contributed by atoms with Crippen LogP contribution >= 0.6 is 0 Å². The summed E-state index contributed by atoms with van der Waals surface area (Å²) < 4.78 is 0. The minimum Gasteiger partial charge on any atom is -0.389 e. The summed E-state index contributed by atoms with van der Waals surface area (Å²) in [6, 6.07) is 0. The maximum atomic E-state index is 6.94. The first-order valence-electron chi connectivity index (χ1n) is 6.48. The fourth-order valence-corrected chi connectivity index (χ4v) is 1.30. The summed E-state index contributed by atoms with van der Waals surface area (Å²) in [5, 5.41) is 6.58. The quantitative estimate of drug-likeness (QED) is 0.483. The van der Waals surface area contributed by atoms with Crippen LogP contribution in [0.3, 0.4) is 0 Å². The molecule has 0 radical (unpaired) electrons. The molecule has 0 aliphatic carbocycles. The number of hydrogen-bond acceptors (Lipinski definition) is 3. The van der Waals surface area contributed by atoms with E-state index in [-0.39, 0.29) is 5.41 Å². The van der Waals surface area contributed by atoms with E-state index in [1.165, 1.54) is 6.42 Å². The first kappa shape index (κ1) is 19.0. The minimum absolute atomic E-state index is 0.104. The van der Waals surface area contributed by atoms with Crippen LogP contribution < -0.4 is 5.32 Å². The Bertz CT molecular complexity index is 297. The number of hydrogen-bond donors (Lipinski definition) is 2. The second-order valence-corrected chi connectivity index (χ2v) is 5.24. The van der Waals surface area contributed by atoms with Crippen LogP contribution in [0.15, 0.2) is 35.4 Å². The van der Waals surface area contributed by atoms with E-state index in [2.05, 4.69) is 57.0 Å². The normalized spacial score (nSPS) is 9.61. The zero-order valence-corrected chi connectivity index (χ0v) is 12.7. The zero-order valence-electron chi connectivity index (χ0n) is 12.7. The highest BCUT2D eigenvalue weighted by Gasteiger charge is 2.19. The van der Waals surface area contributed by atoms with Crippen molar-refractivity contribution in [1.29, 1.82) is 5.53 Å². The summed E-state index contributed by atoms with van der Waals surface area (Å²) in [6.07, 6.45) is 2.98. The lowest BCUT2D eigenvalue weighted by molar-refractivity contribution is 0.327. The maximum Gasteiger partial charge on any atom is 0.104 e. The molecular formula is C15H29N3. The second kappa shape index (κ2) is 10.8. The van der Waals surface area contributed by atoms with Crippen molar-refractivity contribution in [3.63, 3.8) is 0 Å². The molecule has 0 aliphatic heterocycles. The summed E-state index contributed by atoms with van der Waals surface area (Å²) >= 11 is 0. The van der Waals surface area contributed by atoms with Crippen molar-refractivity contribution in [3.05, 3.63) is 30.3 Å². The van der Waals surface area contributed by atoms with E-state index in [0.29, 0.717) is 5.70 Å². The molecule has 0 rings (SSSR count). The van der Waals surface area contributed by atoms with E-state index in [4.69, 9.17) is 5.53 Å². The van der Waals surface area contributed by atoms with E-state index in [1.807, 2.05) is 6.92 Å². The molecule has 2 N–H and O–H groups in total. The van der Waals surface area contributed by atoms with Crippen molar-refractivity contribution in [2.24, 2.45) is 10.5 Å². The standard InChI is InChI=1S/C12H21N3.C3H8/c1-6-11(15-13)9-12(4,5)7-8-14-10(2)3;1-3-2/h13-14H,1-2,7-9H2,3-5H3;3H2,1-2H3. The van der Waals surface area contributed by atoms with Gasteiger partial charge < -0.3 is 5.32 Å². The lowest BCUT2D eigenvalue weighted by Gasteiger charge is -2.24. The van der Waals surface area contributed by atoms with Gasteiger partial charge in [-0.25, -0.2) is 5.53 Å². The van der Waals surface area contributed by atoms with Crippen molar-refractivity contribution in [2.45, 2.75) is 53.9 Å². The van der Waals surface area contributed by atoms with E-state index < -0.39 is 0 Å². The summed E-state index contributed by atoms with van der Waals surface area (Å²) in [4.78, 5) is 0. The lowest BCUT2D eigenvalue weighted by Crippen LogP contribution is -2.21. The largest absolute Gasteiger partial charge is 0.389 e. The Morgan fingerprint density at radius 2 is 1.89 bits per heavy atom. The van der Waals surface area contributed by atoms with Gasteiger partial charge >= 0.3 is 0 Å². The average Bonchev–Trinajstić information content (AvgIpc) is 2.26. The Kier molecular flexibility index (Phi) is 11.4. The highest BCUT2D eigenvalue weighted by molar-refractivity contribution is 4.99. The fraction of sp³-hybridized carbons (Fsp3) is 0.667. The minimum atomic E-state index is 0.104. The molecule has 0 saturated heterocycles. The van der Waals surface area contributed by atoms with Gasteiger partial charge in [0.05, 0.1) is 0 Å². The highest BCUT2D eigenvalue weighted by Crippen LogP contribution is 2.28. The van der Waals surface area contributed by atoms with Gasteiger partial charge in [0.2, 0.25) is 0 Å². The average molecular weight is 251 g/mol. The van der Waals surface area contributed by atoms with Gasteiger partial charge in [0.1, 0.15) is 5.70 Å². The van der Waals surface area contributed by atoms with Crippen LogP contribution in [0.4, 0.5) is 0 Å². The Morgan fingerprint density at radius 1 is 1.39 bits per heavy atom. The number of nitrogens with zero attached hydrogens (tertiary/aromatic N) is 1. The third-order valence-electron chi connectivity index (χ3n) is 2.21. The van der Waals surface area contributed by atoms with E-state index >= 15 is 0 Å². The van der Waals surface area contributed by atoms with Crippen molar-refractivity contribution in [2.75, 3.05) is 6.54 Å². The zero-order chi connectivity index (χ0) is 14.6. The predicted octanol–water partition coefficient (Wildman–Crippen LogP) is 5.03. The molecule has 0 saturated carbocycles. The molecule has 0 heterocycles. The van der Waals surface area contributed by atoms with Gasteiger partial charge in [-0.3, -0.25) is 0 Å². The van der Waals surface area contributed by atoms with Crippen molar-refractivity contribution < 1.29 is 0 Å². The molecular weight excluding hydrogens is 222 g/mol. The molecule has 0 aromatic rings. The van der Waals surface area contributed by atoms with Gasteiger partial charge in [-0.1, -0.05) is 47.3 Å². The van der Waals surface area contributed by atoms with Gasteiger partial charge in [-0.2, -0.15) is 5.11 Å². The Balaban J connectivity index is 0. The van der Waals surface area contributed by atoms with Crippen LogP contribution in [0, 0.1) is 10.9 Å². The van der Waals surface area contributed by atoms with Crippen molar-refractivity contribution >= 4 is 0 Å². The molecule has 0 aliphatic rings. The monoisotopic (exact) mass is 251 g/mol. The van der Waals surface area contributed by atoms with Crippen LogP contribution in [-0.4, -0.2) is 6.54 Å². The van der Waals surface area contributed by atoms with Gasteiger partial charge in [0, 0.05) is 18.7 Å². The molecule has 0 amide bonds. The molecule has 0 spiro atoms. The summed E-state index contributed by atoms with van der Waals surface area (Å²) in [7, 11) is 0. The van der Waals surface area contributed by atoms with Gasteiger partial charge in [0.25, 0.3) is 0 Å². The molecule has 0 fully saturated rings. The molecule has 0 aromatic carbocycles. The summed E-state index contributed by atoms with van der Waals surface area (Å²) in [5.41, 5.74) is 11.3. The van der Waals surface area contributed by atoms with Crippen LogP contribution in [0.2, 0.25) is 0 Å². The number of rotatable bonds is 7. The molecule has 104 valence electrons. The fourth-order valence-electron chi connectivity index (χ4n) is 1.30. The van der Waals surface area contributed by atoms with E-state index in [0.717, 1.165) is 25.1 Å². The lowest BCUT2D eigenvalue weighted by atomic mass is 9.84. The van der Waals surface area contributed by atoms with Crippen LogP contribution in [-0.2, 0) is 0 Å². The van der Waals surface area contributed by atoms with E-state index in [9.17, 15) is 0 Å². The van der Waals surface area contributed by atoms with Gasteiger partial charge in [-0.15, -0.1) is 5.73 Å². The SMILES string of the molecule is C=C=C(CC(C)(C)CCNC(=C)C)N=N.CCC. The third-order valence-corrected chi connectivity index (χ3v) is 2.21. The molecule has 0 aromatic heterocycles. The van der Waals surface area contributed by atoms with E-state index in [1.54, 1.807) is 0 Å². The summed E-state index contributed by atoms with van der Waals surface area (Å²) in [5.74, 6) is 0. The highest BCUT2D eigenvalue weighted by atomic mass is 15.0. The second-order valence-electron chi connectivity index (χ2n) is 5.24. The number of nitrogens with one attached hydrogen (secondary N) is 2. The molecule has 3 nitrogen and oxygen atoms in total. The van der Waals surface area contributed by atoms with Crippen LogP contribution in [0.5, 0.6) is 0 Å². The smallest absolute Gasteiger partial charge is 0.104 e.